The number of nitrogens with one attached hydrogen (secondary N) is 1. The van der Waals surface area contributed by atoms with Crippen molar-refractivity contribution in [2.24, 2.45) is 65.0 Å². The lowest BCUT2D eigenvalue weighted by atomic mass is 9.81. The number of allylic oxidation sites excluding steroid dienone is 1. The van der Waals surface area contributed by atoms with E-state index in [0.717, 1.165) is 90.1 Å². The standard InChI is InChI=1S/C19H22O5.C15H19N.C12H18O4.C11H19NO.C11H19N.C11H18O2.C11H18O.C10H22.C9H17ClO.C9H14O2.C6H10/c1-18(2,3)9-10-19(21)12-23-15-14(11-22-16(15)19)24-17(20)13-7-5-4-6-8-13;1-15(2,3)8-6-12-4-5-13-7-9-16-11-14(13)10-12;1-11(2,3)4-5-12(14)7-16-9-8(13)6-15-10(9)12;1-11(2,3)5-4-6-12-7-9-13-10-8-12;1-11(2,3)7-6-10-12-8-4-5-9-12;1-10(2,3)4-5-11(12)6-8-13-9-7-11;1-10(2,3)8-9-11(12)6-4-5-7-11;1-9(2,3)7-8-10(4,5)6;1-8(2,3)6-7(10)9(4,5)11;1-8(2,3)4-5-9(10)6-11-7-9;1-5-6(2,3)4/h4-8,14-16,21H,11-12H2,1-3H3;4-5,10,16H,7,9,11H2,1-3H3;8-10,13-14H,6-7H2,1-3H3;6-10H2,1-3H3;4-5,8-10H2,1-3H3;12H,6-9H2,1-3H3;12H,4-7H2,1-3H3;7-8H2,1-6H3;6,11H,1-5H3;10H,6-7H2,1-3H3;1H,2-4H3/b;;;;;;;;7-6-;;/t14-,15+,16-,19+;;8-,9+,10-,12+;;;;;;;;/m0.0......../s1. The topological polar surface area (TPSA) is 251 Å². The number of benzene rings is 2. The van der Waals surface area contributed by atoms with Crippen LogP contribution in [0.25, 0.3) is 0 Å². The number of rotatable bonds is 6. The Morgan fingerprint density at radius 1 is 0.458 bits per heavy atom. The average molecular weight is 2020 g/mol. The minimum Gasteiger partial charge on any atom is -0.453 e. The van der Waals surface area contributed by atoms with Gasteiger partial charge < -0.3 is 79.0 Å². The number of likely N-dealkylation sites (tertiary alicyclic amines) is 1. The molecule has 0 amide bonds. The van der Waals surface area contributed by atoms with Gasteiger partial charge in [-0.25, -0.2) is 4.79 Å². The predicted octanol–water partition coefficient (Wildman–Crippen LogP) is 21.1. The molecule has 20 heteroatoms. The number of hydrogen-bond donors (Lipinski definition) is 8. The van der Waals surface area contributed by atoms with Crippen molar-refractivity contribution in [3.63, 3.8) is 0 Å². The third-order valence-electron chi connectivity index (χ3n) is 21.9. The minimum absolute atomic E-state index is 0.0122. The third-order valence-corrected chi connectivity index (χ3v) is 22.5. The van der Waals surface area contributed by atoms with Gasteiger partial charge >= 0.3 is 5.97 Å². The molecule has 9 fully saturated rings. The summed E-state index contributed by atoms with van der Waals surface area (Å²) in [6.45, 7) is 91.5. The van der Waals surface area contributed by atoms with Crippen LogP contribution in [0.1, 0.15) is 354 Å². The summed E-state index contributed by atoms with van der Waals surface area (Å²) in [4.78, 5) is 16.9. The summed E-state index contributed by atoms with van der Waals surface area (Å²) < 4.78 is 42.8. The number of esters is 1. The number of nitrogens with zero attached hydrogens (tertiary/aromatic N) is 2. The lowest BCUT2D eigenvalue weighted by Gasteiger charge is -2.31. The van der Waals surface area contributed by atoms with Gasteiger partial charge in [-0.3, -0.25) is 9.80 Å². The molecular weight excluding hydrogens is 1820 g/mol. The molecule has 0 bridgehead atoms. The minimum atomic E-state index is -1.37. The maximum absolute atomic E-state index is 12.2. The van der Waals surface area contributed by atoms with Gasteiger partial charge in [0.2, 0.25) is 0 Å². The molecule has 0 spiro atoms. The molecule has 1 saturated carbocycles. The fourth-order valence-corrected chi connectivity index (χ4v) is 13.9. The molecule has 8 N–H and O–H groups in total. The molecule has 10 aliphatic rings. The van der Waals surface area contributed by atoms with Gasteiger partial charge in [0.15, 0.2) is 22.9 Å². The summed E-state index contributed by atoms with van der Waals surface area (Å²) in [7, 11) is 0. The van der Waals surface area contributed by atoms with Gasteiger partial charge in [0.1, 0.15) is 41.7 Å². The van der Waals surface area contributed by atoms with E-state index >= 15 is 0 Å². The third kappa shape index (κ3) is 62.7. The van der Waals surface area contributed by atoms with Crippen LogP contribution in [0.5, 0.6) is 0 Å². The largest absolute Gasteiger partial charge is 0.453 e. The normalized spacial score (nSPS) is 23.0. The molecular formula is C124H196ClN3O16. The highest BCUT2D eigenvalue weighted by Gasteiger charge is 2.58. The first-order valence-electron chi connectivity index (χ1n) is 52.3. The molecule has 0 aromatic heterocycles. The summed E-state index contributed by atoms with van der Waals surface area (Å²) in [5.41, 5.74) is -0.361. The van der Waals surface area contributed by atoms with E-state index in [1.807, 2.05) is 137 Å². The van der Waals surface area contributed by atoms with Crippen molar-refractivity contribution < 1.29 is 78.4 Å². The lowest BCUT2D eigenvalue weighted by molar-refractivity contribution is -0.141. The molecule has 1 aliphatic carbocycles. The van der Waals surface area contributed by atoms with Crippen LogP contribution in [0, 0.1) is 172 Å². The molecule has 0 radical (unpaired) electrons. The molecule has 19 nitrogen and oxygen atoms in total. The van der Waals surface area contributed by atoms with Crippen LogP contribution in [0.4, 0.5) is 0 Å². The van der Waals surface area contributed by atoms with Gasteiger partial charge in [-0.15, -0.1) is 12.3 Å². The van der Waals surface area contributed by atoms with E-state index in [2.05, 4.69) is 259 Å². The number of aliphatic hydroxyl groups excluding tert-OH is 1. The number of carbonyl (C=O) groups is 1. The number of carbonyl (C=O) groups excluding carboxylic acids is 1. The van der Waals surface area contributed by atoms with Crippen molar-refractivity contribution in [2.45, 2.75) is 411 Å². The first-order valence-corrected chi connectivity index (χ1v) is 52.7. The zero-order valence-corrected chi connectivity index (χ0v) is 97.6. The maximum atomic E-state index is 12.2. The Labute approximate surface area is 882 Å². The molecule has 9 aliphatic heterocycles. The Balaban J connectivity index is 0.000000543. The van der Waals surface area contributed by atoms with E-state index in [9.17, 15) is 40.5 Å². The fourth-order valence-electron chi connectivity index (χ4n) is 13.5. The summed E-state index contributed by atoms with van der Waals surface area (Å²) in [6.07, 6.45) is 15.4. The number of fused-ring (bicyclic) bond motifs is 3. The second kappa shape index (κ2) is 58.1. The van der Waals surface area contributed by atoms with Crippen LogP contribution < -0.4 is 5.32 Å². The Morgan fingerprint density at radius 3 is 1.25 bits per heavy atom. The number of aliphatic hydroxyl groups is 7. The van der Waals surface area contributed by atoms with Crippen LogP contribution in [-0.4, -0.2) is 234 Å². The smallest absolute Gasteiger partial charge is 0.338 e. The van der Waals surface area contributed by atoms with Crippen molar-refractivity contribution in [3.8, 4) is 107 Å². The highest BCUT2D eigenvalue weighted by Crippen LogP contribution is 2.39. The summed E-state index contributed by atoms with van der Waals surface area (Å²) in [5.74, 6) is 51.4. The number of morpholine rings is 1. The van der Waals surface area contributed by atoms with Gasteiger partial charge in [0.05, 0.1) is 90.3 Å². The van der Waals surface area contributed by atoms with Crippen molar-refractivity contribution in [3.05, 3.63) is 81.9 Å². The van der Waals surface area contributed by atoms with Crippen LogP contribution in [0.15, 0.2) is 59.6 Å². The zero-order valence-electron chi connectivity index (χ0n) is 96.8. The lowest BCUT2D eigenvalue weighted by Crippen LogP contribution is -2.48. The van der Waals surface area contributed by atoms with Gasteiger partial charge in [0.25, 0.3) is 0 Å². The SMILES string of the molecule is C#CC(C)(C)C.CC(C)(C)/C=C(\Cl)C(C)(C)O.CC(C)(C)C#CC1(O)CCCC1.CC(C)(C)C#CC1(O)CCOCC1.CC(C)(C)C#CC1(O)COC1.CC(C)(C)C#CCN1CCCC1.CC(C)(C)C#CCN1CCOCC1.CC(C)(C)C#C[C@@]1(O)CO[C@@H]2[C@@H](O)CO[C@@H]21.CC(C)(C)C#C[C@@]1(O)CO[C@@H]2[C@@H](OC(=O)c3ccccc3)CO[C@@H]21.CC(C)(C)C#Cc1ccc2c(c1)CNCC2.CC(C)(C)CCC(C)(C)C. The number of hydrogen-bond acceptors (Lipinski definition) is 19. The summed E-state index contributed by atoms with van der Waals surface area (Å²) >= 11 is 5.85. The fraction of sp³-hybridized carbons (Fsp3) is 0.734. The van der Waals surface area contributed by atoms with E-state index in [4.69, 9.17) is 55.9 Å². The van der Waals surface area contributed by atoms with Crippen LogP contribution in [-0.2, 0) is 50.9 Å². The molecule has 8 atom stereocenters. The number of halogens is 1. The summed E-state index contributed by atoms with van der Waals surface area (Å²) in [6, 6.07) is 15.4. The van der Waals surface area contributed by atoms with E-state index in [-0.39, 0.29) is 80.6 Å². The molecule has 2 aromatic carbocycles. The maximum Gasteiger partial charge on any atom is 0.338 e. The highest BCUT2D eigenvalue weighted by atomic mass is 35.5. The first kappa shape index (κ1) is 133. The van der Waals surface area contributed by atoms with Crippen molar-refractivity contribution >= 4 is 17.6 Å². The van der Waals surface area contributed by atoms with Gasteiger partial charge in [-0.05, 0) is 330 Å². The molecule has 8 saturated heterocycles. The summed E-state index contributed by atoms with van der Waals surface area (Å²) in [5, 5.41) is 73.3. The quantitative estimate of drug-likeness (QED) is 0.0989. The monoisotopic (exact) mass is 2020 g/mol. The molecule has 2 aromatic rings. The predicted molar refractivity (Wildman–Crippen MR) is 593 cm³/mol. The zero-order chi connectivity index (χ0) is 110. The molecule has 9 heterocycles. The van der Waals surface area contributed by atoms with E-state index in [1.54, 1.807) is 38.1 Å². The van der Waals surface area contributed by atoms with Gasteiger partial charge in [-0.1, -0.05) is 199 Å². The second-order valence-electron chi connectivity index (χ2n) is 53.0. The van der Waals surface area contributed by atoms with E-state index in [1.165, 1.54) is 49.9 Å². The number of ether oxygens (including phenoxy) is 8. The molecule has 0 unspecified atom stereocenters. The highest BCUT2D eigenvalue weighted by molar-refractivity contribution is 6.30. The first-order chi connectivity index (χ1) is 65.4. The Bertz CT molecular complexity index is 4790. The van der Waals surface area contributed by atoms with E-state index < -0.39 is 76.2 Å². The van der Waals surface area contributed by atoms with Crippen molar-refractivity contribution in [1.82, 2.24) is 15.1 Å². The van der Waals surface area contributed by atoms with Crippen molar-refractivity contribution in [1.29, 1.82) is 0 Å². The number of terminal acetylenes is 1. The van der Waals surface area contributed by atoms with Gasteiger partial charge in [0, 0.05) is 91.8 Å². The van der Waals surface area contributed by atoms with E-state index in [0.29, 0.717) is 60.7 Å². The van der Waals surface area contributed by atoms with Crippen LogP contribution in [0.2, 0.25) is 0 Å². The Hall–Kier alpha value is -6.70. The average Bonchev–Trinajstić information content (AvgIpc) is 1.62. The van der Waals surface area contributed by atoms with Crippen LogP contribution >= 0.6 is 11.6 Å². The molecule has 12 rings (SSSR count). The molecule has 810 valence electrons. The van der Waals surface area contributed by atoms with Gasteiger partial charge in [-0.2, -0.15) is 0 Å². The Kier molecular flexibility index (Phi) is 53.8. The Morgan fingerprint density at radius 2 is 0.854 bits per heavy atom. The van der Waals surface area contributed by atoms with Crippen molar-refractivity contribution in [2.75, 3.05) is 112 Å². The molecule has 144 heavy (non-hydrogen) atoms. The second-order valence-corrected chi connectivity index (χ2v) is 53.4. The van der Waals surface area contributed by atoms with Crippen LogP contribution in [0.3, 0.4) is 0 Å².